The molecule has 100 valence electrons. The first-order valence-corrected chi connectivity index (χ1v) is 6.42. The van der Waals surface area contributed by atoms with Crippen LogP contribution in [0.5, 0.6) is 5.75 Å². The first kappa shape index (κ1) is 13.3. The minimum Gasteiger partial charge on any atom is -0.494 e. The van der Waals surface area contributed by atoms with E-state index in [4.69, 9.17) is 9.47 Å². The van der Waals surface area contributed by atoms with E-state index < -0.39 is 0 Å². The molecule has 0 spiro atoms. The Labute approximate surface area is 107 Å². The molecule has 0 atom stereocenters. The molecule has 1 heterocycles. The molecule has 0 saturated carbocycles. The van der Waals surface area contributed by atoms with Gasteiger partial charge in [0.25, 0.3) is 0 Å². The molecule has 0 bridgehead atoms. The Morgan fingerprint density at radius 3 is 2.83 bits per heavy atom. The highest BCUT2D eigenvalue weighted by molar-refractivity contribution is 5.30. The van der Waals surface area contributed by atoms with E-state index in [9.17, 15) is 4.39 Å². The fraction of sp³-hybridized carbons (Fsp3) is 0.571. The summed E-state index contributed by atoms with van der Waals surface area (Å²) in [7, 11) is 1.50. The lowest BCUT2D eigenvalue weighted by atomic mass is 10.1. The topological polar surface area (TPSA) is 21.7 Å². The Kier molecular flexibility index (Phi) is 4.96. The molecule has 18 heavy (non-hydrogen) atoms. The molecule has 1 aromatic rings. The van der Waals surface area contributed by atoms with Crippen LogP contribution in [-0.4, -0.2) is 44.9 Å². The highest BCUT2D eigenvalue weighted by Gasteiger charge is 2.10. The van der Waals surface area contributed by atoms with Crippen LogP contribution in [0.25, 0.3) is 0 Å². The summed E-state index contributed by atoms with van der Waals surface area (Å²) in [6.45, 7) is 4.79. The van der Waals surface area contributed by atoms with Gasteiger partial charge in [-0.15, -0.1) is 0 Å². The van der Waals surface area contributed by atoms with Crippen LogP contribution < -0.4 is 4.74 Å². The van der Waals surface area contributed by atoms with Crippen molar-refractivity contribution in [3.05, 3.63) is 29.6 Å². The Balaban J connectivity index is 1.79. The number of ether oxygens (including phenoxy) is 2. The van der Waals surface area contributed by atoms with Crippen molar-refractivity contribution in [2.45, 2.75) is 12.8 Å². The van der Waals surface area contributed by atoms with E-state index in [1.54, 1.807) is 6.07 Å². The van der Waals surface area contributed by atoms with E-state index in [0.29, 0.717) is 5.75 Å². The van der Waals surface area contributed by atoms with Crippen molar-refractivity contribution < 1.29 is 13.9 Å². The first-order chi connectivity index (χ1) is 8.79. The van der Waals surface area contributed by atoms with Crippen LogP contribution >= 0.6 is 0 Å². The van der Waals surface area contributed by atoms with Crippen LogP contribution in [-0.2, 0) is 11.2 Å². The number of rotatable bonds is 5. The zero-order valence-corrected chi connectivity index (χ0v) is 10.8. The van der Waals surface area contributed by atoms with Crippen molar-refractivity contribution in [1.82, 2.24) is 4.90 Å². The van der Waals surface area contributed by atoms with Crippen molar-refractivity contribution in [3.8, 4) is 5.75 Å². The molecule has 0 aromatic heterocycles. The molecule has 1 aromatic carbocycles. The molecule has 3 nitrogen and oxygen atoms in total. The molecule has 2 rings (SSSR count). The normalized spacial score (nSPS) is 16.8. The van der Waals surface area contributed by atoms with E-state index in [1.807, 2.05) is 6.07 Å². The van der Waals surface area contributed by atoms with Gasteiger partial charge in [-0.1, -0.05) is 6.07 Å². The van der Waals surface area contributed by atoms with Crippen LogP contribution in [0, 0.1) is 5.82 Å². The second-order valence-electron chi connectivity index (χ2n) is 4.53. The van der Waals surface area contributed by atoms with E-state index in [0.717, 1.165) is 51.3 Å². The molecular weight excluding hydrogens is 233 g/mol. The minimum absolute atomic E-state index is 0.297. The third-order valence-electron chi connectivity index (χ3n) is 3.26. The molecule has 0 amide bonds. The number of methoxy groups -OCH3 is 1. The summed E-state index contributed by atoms with van der Waals surface area (Å²) in [6.07, 6.45) is 2.03. The van der Waals surface area contributed by atoms with Crippen LogP contribution in [0.3, 0.4) is 0 Å². The molecule has 1 saturated heterocycles. The predicted molar refractivity (Wildman–Crippen MR) is 68.5 cm³/mol. The predicted octanol–water partition coefficient (Wildman–Crippen LogP) is 2.10. The summed E-state index contributed by atoms with van der Waals surface area (Å²) in [6, 6.07) is 5.09. The van der Waals surface area contributed by atoms with Crippen molar-refractivity contribution in [2.75, 3.05) is 40.0 Å². The first-order valence-electron chi connectivity index (χ1n) is 6.42. The van der Waals surface area contributed by atoms with Gasteiger partial charge in [-0.25, -0.2) is 4.39 Å². The Hall–Kier alpha value is -1.13. The summed E-state index contributed by atoms with van der Waals surface area (Å²) in [4.78, 5) is 2.41. The quantitative estimate of drug-likeness (QED) is 0.802. The number of morpholine rings is 1. The lowest BCUT2D eigenvalue weighted by Gasteiger charge is -2.26. The van der Waals surface area contributed by atoms with Crippen LogP contribution in [0.15, 0.2) is 18.2 Å². The van der Waals surface area contributed by atoms with Gasteiger partial charge in [0, 0.05) is 13.1 Å². The number of nitrogens with zero attached hydrogens (tertiary/aromatic N) is 1. The second-order valence-corrected chi connectivity index (χ2v) is 4.53. The van der Waals surface area contributed by atoms with Gasteiger partial charge in [0.1, 0.15) is 0 Å². The van der Waals surface area contributed by atoms with Gasteiger partial charge in [0.05, 0.1) is 20.3 Å². The lowest BCUT2D eigenvalue weighted by molar-refractivity contribution is 0.0374. The standard InChI is InChI=1S/C14H20FNO2/c1-17-14-11-12(4-5-13(14)15)3-2-6-16-7-9-18-10-8-16/h4-5,11H,2-3,6-10H2,1H3. The van der Waals surface area contributed by atoms with Gasteiger partial charge >= 0.3 is 0 Å². The van der Waals surface area contributed by atoms with Crippen molar-refractivity contribution >= 4 is 0 Å². The van der Waals surface area contributed by atoms with E-state index >= 15 is 0 Å². The third kappa shape index (κ3) is 3.68. The smallest absolute Gasteiger partial charge is 0.165 e. The van der Waals surface area contributed by atoms with Crippen molar-refractivity contribution in [1.29, 1.82) is 0 Å². The fourth-order valence-corrected chi connectivity index (χ4v) is 2.19. The Morgan fingerprint density at radius 2 is 2.11 bits per heavy atom. The van der Waals surface area contributed by atoms with Gasteiger partial charge < -0.3 is 9.47 Å². The lowest BCUT2D eigenvalue weighted by Crippen LogP contribution is -2.36. The van der Waals surface area contributed by atoms with Gasteiger partial charge in [-0.2, -0.15) is 0 Å². The summed E-state index contributed by atoms with van der Waals surface area (Å²) >= 11 is 0. The molecule has 1 aliphatic heterocycles. The SMILES string of the molecule is COc1cc(CCCN2CCOCC2)ccc1F. The molecular formula is C14H20FNO2. The fourth-order valence-electron chi connectivity index (χ4n) is 2.19. The Bertz CT molecular complexity index is 378. The molecule has 4 heteroatoms. The summed E-state index contributed by atoms with van der Waals surface area (Å²) in [5, 5.41) is 0. The molecule has 1 fully saturated rings. The second kappa shape index (κ2) is 6.71. The molecule has 0 N–H and O–H groups in total. The molecule has 1 aliphatic rings. The highest BCUT2D eigenvalue weighted by Crippen LogP contribution is 2.19. The maximum Gasteiger partial charge on any atom is 0.165 e. The van der Waals surface area contributed by atoms with Crippen LogP contribution in [0.1, 0.15) is 12.0 Å². The van der Waals surface area contributed by atoms with E-state index in [-0.39, 0.29) is 5.82 Å². The average Bonchev–Trinajstić information content (AvgIpc) is 2.42. The average molecular weight is 253 g/mol. The van der Waals surface area contributed by atoms with Gasteiger partial charge in [-0.05, 0) is 37.1 Å². The number of benzene rings is 1. The summed E-state index contributed by atoms with van der Waals surface area (Å²) in [5.74, 6) is 0.0355. The minimum atomic E-state index is -0.297. The highest BCUT2D eigenvalue weighted by atomic mass is 19.1. The Morgan fingerprint density at radius 1 is 1.33 bits per heavy atom. The van der Waals surface area contributed by atoms with Crippen LogP contribution in [0.2, 0.25) is 0 Å². The molecule has 0 radical (unpaired) electrons. The van der Waals surface area contributed by atoms with Crippen molar-refractivity contribution in [2.24, 2.45) is 0 Å². The van der Waals surface area contributed by atoms with E-state index in [2.05, 4.69) is 4.90 Å². The number of hydrogen-bond donors (Lipinski definition) is 0. The third-order valence-corrected chi connectivity index (χ3v) is 3.26. The zero-order valence-electron chi connectivity index (χ0n) is 10.8. The maximum absolute atomic E-state index is 13.2. The van der Waals surface area contributed by atoms with Gasteiger partial charge in [0.15, 0.2) is 11.6 Å². The monoisotopic (exact) mass is 253 g/mol. The zero-order chi connectivity index (χ0) is 12.8. The largest absolute Gasteiger partial charge is 0.494 e. The number of aryl methyl sites for hydroxylation is 1. The van der Waals surface area contributed by atoms with Crippen molar-refractivity contribution in [3.63, 3.8) is 0 Å². The number of halogens is 1. The van der Waals surface area contributed by atoms with E-state index in [1.165, 1.54) is 13.2 Å². The van der Waals surface area contributed by atoms with Gasteiger partial charge in [0.2, 0.25) is 0 Å². The number of hydrogen-bond acceptors (Lipinski definition) is 3. The van der Waals surface area contributed by atoms with Crippen LogP contribution in [0.4, 0.5) is 4.39 Å². The molecule has 0 aliphatic carbocycles. The van der Waals surface area contributed by atoms with Gasteiger partial charge in [-0.3, -0.25) is 4.90 Å². The summed E-state index contributed by atoms with van der Waals surface area (Å²) in [5.41, 5.74) is 1.13. The molecule has 0 unspecified atom stereocenters. The summed E-state index contributed by atoms with van der Waals surface area (Å²) < 4.78 is 23.5. The maximum atomic E-state index is 13.2.